The number of hydrogen-bond acceptors (Lipinski definition) is 5. The van der Waals surface area contributed by atoms with Gasteiger partial charge in [-0.2, -0.15) is 0 Å². The number of carbonyl (C=O) groups is 2. The summed E-state index contributed by atoms with van der Waals surface area (Å²) in [5, 5.41) is 5.57. The van der Waals surface area contributed by atoms with E-state index < -0.39 is 11.8 Å². The Morgan fingerprint density at radius 1 is 0.769 bits per heavy atom. The van der Waals surface area contributed by atoms with E-state index in [0.29, 0.717) is 21.5 Å². The van der Waals surface area contributed by atoms with Crippen molar-refractivity contribution in [2.24, 2.45) is 0 Å². The van der Waals surface area contributed by atoms with Crippen LogP contribution in [0.1, 0.15) is 0 Å². The van der Waals surface area contributed by atoms with Gasteiger partial charge in [0.1, 0.15) is 17.2 Å². The first kappa shape index (κ1) is 19.7. The smallest absolute Gasteiger partial charge is 0.314 e. The molecule has 0 aliphatic rings. The molecule has 2 amide bonds. The average molecular weight is 399 g/mol. The van der Waals surface area contributed by atoms with Crippen LogP contribution in [0.4, 0.5) is 11.4 Å². The molecule has 2 aromatic carbocycles. The van der Waals surface area contributed by atoms with Gasteiger partial charge in [0.05, 0.1) is 37.7 Å². The molecule has 2 N–H and O–H groups in total. The van der Waals surface area contributed by atoms with Gasteiger partial charge in [0, 0.05) is 17.2 Å². The summed E-state index contributed by atoms with van der Waals surface area (Å²) < 4.78 is 15.4. The van der Waals surface area contributed by atoms with Crippen molar-refractivity contribution in [3.05, 3.63) is 40.4 Å². The second-order valence-electron chi connectivity index (χ2n) is 4.94. The zero-order valence-corrected chi connectivity index (χ0v) is 15.7. The summed E-state index contributed by atoms with van der Waals surface area (Å²) in [6, 6.07) is 7.56. The minimum Gasteiger partial charge on any atom is -0.495 e. The van der Waals surface area contributed by atoms with Crippen molar-refractivity contribution < 1.29 is 23.8 Å². The van der Waals surface area contributed by atoms with E-state index in [1.165, 1.54) is 39.5 Å². The Morgan fingerprint density at radius 3 is 1.85 bits per heavy atom. The molecule has 0 fully saturated rings. The Balaban J connectivity index is 2.20. The predicted octanol–water partition coefficient (Wildman–Crippen LogP) is 3.60. The third-order valence-electron chi connectivity index (χ3n) is 3.34. The Hall–Kier alpha value is -2.64. The molecule has 0 radical (unpaired) electrons. The molecule has 0 aliphatic heterocycles. The molecule has 138 valence electrons. The van der Waals surface area contributed by atoms with Crippen LogP contribution in [-0.4, -0.2) is 33.1 Å². The number of benzene rings is 2. The average Bonchev–Trinajstić information content (AvgIpc) is 2.62. The van der Waals surface area contributed by atoms with Crippen LogP contribution >= 0.6 is 23.2 Å². The van der Waals surface area contributed by atoms with Crippen molar-refractivity contribution >= 4 is 46.4 Å². The lowest BCUT2D eigenvalue weighted by Gasteiger charge is -2.14. The van der Waals surface area contributed by atoms with Crippen LogP contribution < -0.4 is 24.8 Å². The van der Waals surface area contributed by atoms with Crippen molar-refractivity contribution in [2.75, 3.05) is 32.0 Å². The molecule has 26 heavy (non-hydrogen) atoms. The highest BCUT2D eigenvalue weighted by atomic mass is 35.5. The molecule has 0 saturated carbocycles. The molecule has 0 spiro atoms. The van der Waals surface area contributed by atoms with E-state index >= 15 is 0 Å². The second-order valence-corrected chi connectivity index (χ2v) is 5.78. The van der Waals surface area contributed by atoms with Crippen LogP contribution in [0.2, 0.25) is 10.0 Å². The zero-order valence-electron chi connectivity index (χ0n) is 14.2. The zero-order chi connectivity index (χ0) is 19.3. The summed E-state index contributed by atoms with van der Waals surface area (Å²) in [4.78, 5) is 24.4. The van der Waals surface area contributed by atoms with Crippen LogP contribution in [0, 0.1) is 0 Å². The standard InChI is InChI=1S/C17H16Cl2N2O5/c1-24-13-5-4-9(18)6-11(13)20-16(22)17(23)21-12-8-14(25-2)10(19)7-15(12)26-3/h4-8H,1-3H3,(H,20,22)(H,21,23). The molecular weight excluding hydrogens is 383 g/mol. The summed E-state index contributed by atoms with van der Waals surface area (Å²) in [6.07, 6.45) is 0. The highest BCUT2D eigenvalue weighted by Gasteiger charge is 2.19. The number of rotatable bonds is 5. The molecule has 0 bridgehead atoms. The minimum atomic E-state index is -0.922. The Bertz CT molecular complexity index is 842. The van der Waals surface area contributed by atoms with Crippen LogP contribution in [0.5, 0.6) is 17.2 Å². The van der Waals surface area contributed by atoms with Gasteiger partial charge in [-0.25, -0.2) is 0 Å². The van der Waals surface area contributed by atoms with Crippen LogP contribution in [0.25, 0.3) is 0 Å². The van der Waals surface area contributed by atoms with Gasteiger partial charge < -0.3 is 24.8 Å². The molecule has 0 saturated heterocycles. The Morgan fingerprint density at radius 2 is 1.31 bits per heavy atom. The maximum Gasteiger partial charge on any atom is 0.314 e. The molecule has 2 aromatic rings. The number of amides is 2. The van der Waals surface area contributed by atoms with Gasteiger partial charge >= 0.3 is 11.8 Å². The van der Waals surface area contributed by atoms with Crippen LogP contribution in [-0.2, 0) is 9.59 Å². The fourth-order valence-electron chi connectivity index (χ4n) is 2.09. The topological polar surface area (TPSA) is 85.9 Å². The minimum absolute atomic E-state index is 0.229. The van der Waals surface area contributed by atoms with E-state index in [0.717, 1.165) is 0 Å². The molecule has 0 atom stereocenters. The van der Waals surface area contributed by atoms with E-state index in [4.69, 9.17) is 37.4 Å². The molecule has 0 unspecified atom stereocenters. The van der Waals surface area contributed by atoms with Crippen molar-refractivity contribution in [3.63, 3.8) is 0 Å². The number of hydrogen-bond donors (Lipinski definition) is 2. The number of anilines is 2. The van der Waals surface area contributed by atoms with Gasteiger partial charge in [0.15, 0.2) is 0 Å². The fraction of sp³-hybridized carbons (Fsp3) is 0.176. The lowest BCUT2D eigenvalue weighted by molar-refractivity contribution is -0.133. The quantitative estimate of drug-likeness (QED) is 0.751. The van der Waals surface area contributed by atoms with Crippen LogP contribution in [0.3, 0.4) is 0 Å². The summed E-state index contributed by atoms with van der Waals surface area (Å²) in [5.74, 6) is -0.880. The highest BCUT2D eigenvalue weighted by molar-refractivity contribution is 6.44. The fourth-order valence-corrected chi connectivity index (χ4v) is 2.50. The molecule has 0 aliphatic carbocycles. The lowest BCUT2D eigenvalue weighted by atomic mass is 10.2. The number of methoxy groups -OCH3 is 3. The predicted molar refractivity (Wildman–Crippen MR) is 99.8 cm³/mol. The number of ether oxygens (including phenoxy) is 3. The van der Waals surface area contributed by atoms with Crippen LogP contribution in [0.15, 0.2) is 30.3 Å². The Labute approximate surface area is 160 Å². The van der Waals surface area contributed by atoms with E-state index in [2.05, 4.69) is 10.6 Å². The molecule has 0 heterocycles. The second kappa shape index (κ2) is 8.64. The molecule has 7 nitrogen and oxygen atoms in total. The lowest BCUT2D eigenvalue weighted by Crippen LogP contribution is -2.29. The summed E-state index contributed by atoms with van der Waals surface area (Å²) in [5.41, 5.74) is 0.493. The highest BCUT2D eigenvalue weighted by Crippen LogP contribution is 2.36. The maximum atomic E-state index is 12.2. The normalized spacial score (nSPS) is 10.0. The monoisotopic (exact) mass is 398 g/mol. The summed E-state index contributed by atoms with van der Waals surface area (Å²) >= 11 is 11.9. The third-order valence-corrected chi connectivity index (χ3v) is 3.87. The Kier molecular flexibility index (Phi) is 6.54. The third kappa shape index (κ3) is 4.50. The summed E-state index contributed by atoms with van der Waals surface area (Å²) in [6.45, 7) is 0. The van der Waals surface area contributed by atoms with Crippen molar-refractivity contribution in [1.29, 1.82) is 0 Å². The number of halogens is 2. The summed E-state index contributed by atoms with van der Waals surface area (Å²) in [7, 11) is 4.27. The molecular formula is C17H16Cl2N2O5. The van der Waals surface area contributed by atoms with Crippen molar-refractivity contribution in [3.8, 4) is 17.2 Å². The van der Waals surface area contributed by atoms with Gasteiger partial charge in [-0.15, -0.1) is 0 Å². The number of nitrogens with one attached hydrogen (secondary N) is 2. The molecule has 0 aromatic heterocycles. The number of carbonyl (C=O) groups excluding carboxylic acids is 2. The van der Waals surface area contributed by atoms with Gasteiger partial charge in [-0.05, 0) is 18.2 Å². The largest absolute Gasteiger partial charge is 0.495 e. The van der Waals surface area contributed by atoms with E-state index in [-0.39, 0.29) is 17.1 Å². The first-order valence-electron chi connectivity index (χ1n) is 7.27. The van der Waals surface area contributed by atoms with E-state index in [1.807, 2.05) is 0 Å². The van der Waals surface area contributed by atoms with Gasteiger partial charge in [-0.1, -0.05) is 23.2 Å². The molecule has 9 heteroatoms. The maximum absolute atomic E-state index is 12.2. The first-order chi connectivity index (χ1) is 12.4. The van der Waals surface area contributed by atoms with E-state index in [9.17, 15) is 9.59 Å². The van der Waals surface area contributed by atoms with Gasteiger partial charge in [0.2, 0.25) is 0 Å². The van der Waals surface area contributed by atoms with Gasteiger partial charge in [0.25, 0.3) is 0 Å². The van der Waals surface area contributed by atoms with Gasteiger partial charge in [-0.3, -0.25) is 9.59 Å². The SMILES string of the molecule is COc1cc(NC(=O)C(=O)Nc2cc(Cl)ccc2OC)c(OC)cc1Cl. The molecule has 2 rings (SSSR count). The van der Waals surface area contributed by atoms with E-state index in [1.54, 1.807) is 12.1 Å². The van der Waals surface area contributed by atoms with Crippen molar-refractivity contribution in [2.45, 2.75) is 0 Å². The first-order valence-corrected chi connectivity index (χ1v) is 8.02. The van der Waals surface area contributed by atoms with Crippen molar-refractivity contribution in [1.82, 2.24) is 0 Å².